The Morgan fingerprint density at radius 3 is 2.55 bits per heavy atom. The van der Waals surface area contributed by atoms with Crippen molar-refractivity contribution in [3.8, 4) is 21.9 Å². The summed E-state index contributed by atoms with van der Waals surface area (Å²) in [5, 5.41) is 3.59. The number of nitrogens with one attached hydrogen (secondary N) is 1. The second-order valence-corrected chi connectivity index (χ2v) is 10.7. The zero-order valence-corrected chi connectivity index (χ0v) is 22.3. The third-order valence-electron chi connectivity index (χ3n) is 6.91. The second-order valence-electron chi connectivity index (χ2n) is 9.66. The van der Waals surface area contributed by atoms with Gasteiger partial charge in [0.25, 0.3) is 0 Å². The molecule has 0 unspecified atom stereocenters. The molecule has 192 valence electrons. The number of hydrogen-bond acceptors (Lipinski definition) is 6. The Morgan fingerprint density at radius 2 is 1.71 bits per heavy atom. The van der Waals surface area contributed by atoms with Crippen molar-refractivity contribution in [2.24, 2.45) is 0 Å². The lowest BCUT2D eigenvalue weighted by Gasteiger charge is -2.14. The fourth-order valence-corrected chi connectivity index (χ4v) is 5.99. The molecule has 0 bridgehead atoms. The van der Waals surface area contributed by atoms with E-state index in [9.17, 15) is 0 Å². The van der Waals surface area contributed by atoms with Gasteiger partial charge in [-0.1, -0.05) is 36.4 Å². The van der Waals surface area contributed by atoms with Crippen LogP contribution in [0.15, 0.2) is 91.1 Å². The molecule has 6 heteroatoms. The van der Waals surface area contributed by atoms with Gasteiger partial charge in [0.1, 0.15) is 18.1 Å². The molecule has 0 radical (unpaired) electrons. The van der Waals surface area contributed by atoms with Crippen LogP contribution in [0.3, 0.4) is 0 Å². The molecule has 3 heterocycles. The van der Waals surface area contributed by atoms with Crippen molar-refractivity contribution in [3.63, 3.8) is 0 Å². The Balaban J connectivity index is 1.18. The number of fused-ring (bicyclic) bond motifs is 1. The SMILES string of the molecule is COc1ccc(COc2cccc(Nc3ccnc4cc(-c5cccc(CN6CCCC6)c5)sc34)c2)cc1. The number of hydrogen-bond donors (Lipinski definition) is 1. The third kappa shape index (κ3) is 5.67. The predicted octanol–water partition coefficient (Wildman–Crippen LogP) is 7.89. The molecule has 0 saturated carbocycles. The van der Waals surface area contributed by atoms with Crippen LogP contribution in [0.1, 0.15) is 24.0 Å². The summed E-state index contributed by atoms with van der Waals surface area (Å²) < 4.78 is 12.4. The quantitative estimate of drug-likeness (QED) is 0.214. The Bertz CT molecular complexity index is 1520. The number of anilines is 2. The molecule has 38 heavy (non-hydrogen) atoms. The summed E-state index contributed by atoms with van der Waals surface area (Å²) in [6.45, 7) is 3.94. The summed E-state index contributed by atoms with van der Waals surface area (Å²) >= 11 is 1.78. The van der Waals surface area contributed by atoms with Crippen molar-refractivity contribution in [2.75, 3.05) is 25.5 Å². The van der Waals surface area contributed by atoms with Gasteiger partial charge in [-0.05, 0) is 85.1 Å². The molecular formula is C32H31N3O2S. The number of benzene rings is 3. The summed E-state index contributed by atoms with van der Waals surface area (Å²) in [7, 11) is 1.67. The van der Waals surface area contributed by atoms with Crippen molar-refractivity contribution in [1.29, 1.82) is 0 Å². The highest BCUT2D eigenvalue weighted by atomic mass is 32.1. The minimum atomic E-state index is 0.498. The van der Waals surface area contributed by atoms with Crippen LogP contribution >= 0.6 is 11.3 Å². The zero-order chi connectivity index (χ0) is 25.7. The van der Waals surface area contributed by atoms with Crippen LogP contribution in [0, 0.1) is 0 Å². The van der Waals surface area contributed by atoms with E-state index < -0.39 is 0 Å². The van der Waals surface area contributed by atoms with Crippen LogP contribution in [0.2, 0.25) is 0 Å². The highest BCUT2D eigenvalue weighted by Crippen LogP contribution is 2.38. The number of ether oxygens (including phenoxy) is 2. The highest BCUT2D eigenvalue weighted by Gasteiger charge is 2.14. The highest BCUT2D eigenvalue weighted by molar-refractivity contribution is 7.22. The first-order valence-corrected chi connectivity index (χ1v) is 13.9. The van der Waals surface area contributed by atoms with Crippen LogP contribution in [-0.2, 0) is 13.2 Å². The molecule has 1 aliphatic heterocycles. The van der Waals surface area contributed by atoms with E-state index in [4.69, 9.17) is 9.47 Å². The monoisotopic (exact) mass is 521 g/mol. The maximum absolute atomic E-state index is 6.06. The van der Waals surface area contributed by atoms with Crippen molar-refractivity contribution < 1.29 is 9.47 Å². The number of methoxy groups -OCH3 is 1. The van der Waals surface area contributed by atoms with E-state index >= 15 is 0 Å². The van der Waals surface area contributed by atoms with Gasteiger partial charge in [0.2, 0.25) is 0 Å². The molecule has 3 aromatic carbocycles. The summed E-state index contributed by atoms with van der Waals surface area (Å²) in [6, 6.07) is 29.2. The van der Waals surface area contributed by atoms with E-state index in [1.54, 1.807) is 18.4 Å². The maximum atomic E-state index is 6.06. The van der Waals surface area contributed by atoms with Gasteiger partial charge in [0, 0.05) is 29.4 Å². The lowest BCUT2D eigenvalue weighted by Crippen LogP contribution is -2.18. The summed E-state index contributed by atoms with van der Waals surface area (Å²) in [5.41, 5.74) is 6.76. The molecule has 0 atom stereocenters. The Labute approximate surface area is 227 Å². The van der Waals surface area contributed by atoms with E-state index in [2.05, 4.69) is 51.6 Å². The summed E-state index contributed by atoms with van der Waals surface area (Å²) in [4.78, 5) is 8.44. The summed E-state index contributed by atoms with van der Waals surface area (Å²) in [6.07, 6.45) is 4.50. The van der Waals surface area contributed by atoms with E-state index in [1.807, 2.05) is 54.7 Å². The van der Waals surface area contributed by atoms with Crippen LogP contribution in [0.4, 0.5) is 11.4 Å². The number of nitrogens with zero attached hydrogens (tertiary/aromatic N) is 2. The minimum Gasteiger partial charge on any atom is -0.497 e. The van der Waals surface area contributed by atoms with E-state index in [-0.39, 0.29) is 0 Å². The van der Waals surface area contributed by atoms with Crippen LogP contribution < -0.4 is 14.8 Å². The topological polar surface area (TPSA) is 46.6 Å². The Hall–Kier alpha value is -3.87. The van der Waals surface area contributed by atoms with Gasteiger partial charge in [-0.3, -0.25) is 9.88 Å². The second kappa shape index (κ2) is 11.3. The first kappa shape index (κ1) is 24.5. The molecule has 1 N–H and O–H groups in total. The normalized spacial score (nSPS) is 13.6. The van der Waals surface area contributed by atoms with Crippen LogP contribution in [-0.4, -0.2) is 30.1 Å². The van der Waals surface area contributed by atoms with Crippen LogP contribution in [0.5, 0.6) is 11.5 Å². The maximum Gasteiger partial charge on any atom is 0.121 e. The molecular weight excluding hydrogens is 490 g/mol. The number of aromatic nitrogens is 1. The fourth-order valence-electron chi connectivity index (χ4n) is 4.91. The molecule has 1 saturated heterocycles. The number of thiophene rings is 1. The fraction of sp³-hybridized carbons (Fsp3) is 0.219. The van der Waals surface area contributed by atoms with Gasteiger partial charge in [-0.15, -0.1) is 11.3 Å². The zero-order valence-electron chi connectivity index (χ0n) is 21.5. The minimum absolute atomic E-state index is 0.498. The predicted molar refractivity (Wildman–Crippen MR) is 157 cm³/mol. The number of likely N-dealkylation sites (tertiary alicyclic amines) is 1. The Kier molecular flexibility index (Phi) is 7.25. The molecule has 0 spiro atoms. The first-order valence-electron chi connectivity index (χ1n) is 13.1. The molecule has 0 amide bonds. The van der Waals surface area contributed by atoms with E-state index in [1.165, 1.54) is 41.9 Å². The largest absolute Gasteiger partial charge is 0.497 e. The van der Waals surface area contributed by atoms with Crippen molar-refractivity contribution in [3.05, 3.63) is 102 Å². The van der Waals surface area contributed by atoms with Gasteiger partial charge in [0.05, 0.1) is 23.0 Å². The van der Waals surface area contributed by atoms with Crippen molar-refractivity contribution in [2.45, 2.75) is 26.0 Å². The van der Waals surface area contributed by atoms with Gasteiger partial charge in [-0.25, -0.2) is 0 Å². The van der Waals surface area contributed by atoms with Gasteiger partial charge in [-0.2, -0.15) is 0 Å². The van der Waals surface area contributed by atoms with E-state index in [0.717, 1.165) is 45.2 Å². The summed E-state index contributed by atoms with van der Waals surface area (Å²) in [5.74, 6) is 1.66. The van der Waals surface area contributed by atoms with E-state index in [0.29, 0.717) is 6.61 Å². The number of pyridine rings is 1. The van der Waals surface area contributed by atoms with Gasteiger partial charge >= 0.3 is 0 Å². The molecule has 1 fully saturated rings. The van der Waals surface area contributed by atoms with Crippen molar-refractivity contribution in [1.82, 2.24) is 9.88 Å². The molecule has 5 aromatic rings. The first-order chi connectivity index (χ1) is 18.7. The average molecular weight is 522 g/mol. The molecule has 2 aromatic heterocycles. The lowest BCUT2D eigenvalue weighted by atomic mass is 10.1. The standard InChI is InChI=1S/C32H31N3O2S/c1-36-27-12-10-23(11-13-27)22-37-28-9-5-8-26(19-28)34-29-14-15-33-30-20-31(38-32(29)30)25-7-4-6-24(18-25)21-35-16-2-3-17-35/h4-15,18-20H,2-3,16-17,21-22H2,1H3,(H,33,34). The number of rotatable bonds is 9. The van der Waals surface area contributed by atoms with Crippen molar-refractivity contribution >= 4 is 32.9 Å². The molecule has 5 nitrogen and oxygen atoms in total. The average Bonchev–Trinajstić information content (AvgIpc) is 3.63. The smallest absolute Gasteiger partial charge is 0.121 e. The molecule has 0 aliphatic carbocycles. The lowest BCUT2D eigenvalue weighted by molar-refractivity contribution is 0.306. The molecule has 6 rings (SSSR count). The van der Waals surface area contributed by atoms with Gasteiger partial charge in [0.15, 0.2) is 0 Å². The Morgan fingerprint density at radius 1 is 0.868 bits per heavy atom. The third-order valence-corrected chi connectivity index (χ3v) is 8.11. The van der Waals surface area contributed by atoms with Gasteiger partial charge < -0.3 is 14.8 Å². The molecule has 1 aliphatic rings. The van der Waals surface area contributed by atoms with Crippen LogP contribution in [0.25, 0.3) is 20.7 Å².